The van der Waals surface area contributed by atoms with Crippen LogP contribution in [0, 0.1) is 5.92 Å². The summed E-state index contributed by atoms with van der Waals surface area (Å²) in [6, 6.07) is 6.77. The van der Waals surface area contributed by atoms with E-state index in [9.17, 15) is 0 Å². The molecule has 3 nitrogen and oxygen atoms in total. The smallest absolute Gasteiger partial charge is 0.128 e. The van der Waals surface area contributed by atoms with Crippen LogP contribution in [0.3, 0.4) is 0 Å². The Hall–Kier alpha value is -1.25. The minimum Gasteiger partial charge on any atom is -0.370 e. The van der Waals surface area contributed by atoms with Crippen molar-refractivity contribution in [3.8, 4) is 0 Å². The monoisotopic (exact) mass is 219 g/mol. The van der Waals surface area contributed by atoms with E-state index in [4.69, 9.17) is 0 Å². The normalized spacial score (nSPS) is 22.9. The molecule has 0 radical (unpaired) electrons. The standard InChI is InChI=1S/C13H21N3/c1-3-8-14-12-6-5-7-13(16-12)15-11-9-10(11)4-2/h5-7,10-11H,3-4,8-9H2,1-2H3,(H2,14,15,16). The highest BCUT2D eigenvalue weighted by molar-refractivity contribution is 5.46. The summed E-state index contributed by atoms with van der Waals surface area (Å²) in [5, 5.41) is 6.79. The summed E-state index contributed by atoms with van der Waals surface area (Å²) in [7, 11) is 0. The van der Waals surface area contributed by atoms with E-state index in [2.05, 4.69) is 35.5 Å². The molecule has 2 atom stereocenters. The number of pyridine rings is 1. The van der Waals surface area contributed by atoms with Crippen LogP contribution in [0.15, 0.2) is 18.2 Å². The Bertz CT molecular complexity index is 338. The zero-order valence-corrected chi connectivity index (χ0v) is 10.2. The van der Waals surface area contributed by atoms with Crippen molar-refractivity contribution in [3.63, 3.8) is 0 Å². The highest BCUT2D eigenvalue weighted by Gasteiger charge is 2.35. The van der Waals surface area contributed by atoms with Crippen molar-refractivity contribution in [1.82, 2.24) is 4.98 Å². The van der Waals surface area contributed by atoms with Gasteiger partial charge >= 0.3 is 0 Å². The lowest BCUT2D eigenvalue weighted by Gasteiger charge is -2.08. The van der Waals surface area contributed by atoms with E-state index in [0.717, 1.165) is 30.5 Å². The zero-order chi connectivity index (χ0) is 11.4. The molecule has 1 aromatic rings. The summed E-state index contributed by atoms with van der Waals surface area (Å²) in [4.78, 5) is 4.54. The van der Waals surface area contributed by atoms with E-state index in [1.165, 1.54) is 12.8 Å². The van der Waals surface area contributed by atoms with Crippen LogP contribution < -0.4 is 10.6 Å². The molecular formula is C13H21N3. The van der Waals surface area contributed by atoms with E-state index >= 15 is 0 Å². The van der Waals surface area contributed by atoms with Gasteiger partial charge < -0.3 is 10.6 Å². The SMILES string of the molecule is CCCNc1cccc(NC2CC2CC)n1. The molecule has 1 saturated carbocycles. The zero-order valence-electron chi connectivity index (χ0n) is 10.2. The van der Waals surface area contributed by atoms with Crippen LogP contribution in [-0.2, 0) is 0 Å². The van der Waals surface area contributed by atoms with Gasteiger partial charge in [-0.05, 0) is 30.9 Å². The summed E-state index contributed by atoms with van der Waals surface area (Å²) in [6.07, 6.45) is 3.69. The number of anilines is 2. The van der Waals surface area contributed by atoms with Crippen LogP contribution in [0.4, 0.5) is 11.6 Å². The Labute approximate surface area is 97.7 Å². The first kappa shape index (κ1) is 11.2. The van der Waals surface area contributed by atoms with Gasteiger partial charge in [0.2, 0.25) is 0 Å². The maximum Gasteiger partial charge on any atom is 0.128 e. The average Bonchev–Trinajstić information content (AvgIpc) is 3.05. The lowest BCUT2D eigenvalue weighted by Crippen LogP contribution is -2.08. The molecule has 0 spiro atoms. The topological polar surface area (TPSA) is 37.0 Å². The fourth-order valence-corrected chi connectivity index (χ4v) is 1.93. The molecule has 88 valence electrons. The third-order valence-corrected chi connectivity index (χ3v) is 3.09. The summed E-state index contributed by atoms with van der Waals surface area (Å²) >= 11 is 0. The molecule has 0 aromatic carbocycles. The number of hydrogen-bond acceptors (Lipinski definition) is 3. The first-order valence-electron chi connectivity index (χ1n) is 6.31. The Morgan fingerprint density at radius 2 is 2.12 bits per heavy atom. The van der Waals surface area contributed by atoms with Crippen molar-refractivity contribution in [2.75, 3.05) is 17.2 Å². The Morgan fingerprint density at radius 1 is 1.31 bits per heavy atom. The molecular weight excluding hydrogens is 198 g/mol. The summed E-state index contributed by atoms with van der Waals surface area (Å²) < 4.78 is 0. The summed E-state index contributed by atoms with van der Waals surface area (Å²) in [5.41, 5.74) is 0. The second kappa shape index (κ2) is 5.19. The molecule has 2 rings (SSSR count). The van der Waals surface area contributed by atoms with Crippen LogP contribution in [0.25, 0.3) is 0 Å². The number of rotatable bonds is 6. The van der Waals surface area contributed by atoms with Crippen molar-refractivity contribution in [3.05, 3.63) is 18.2 Å². The van der Waals surface area contributed by atoms with Crippen LogP contribution >= 0.6 is 0 Å². The number of aromatic nitrogens is 1. The predicted octanol–water partition coefficient (Wildman–Crippen LogP) is 3.11. The van der Waals surface area contributed by atoms with Crippen molar-refractivity contribution in [2.24, 2.45) is 5.92 Å². The molecule has 0 saturated heterocycles. The van der Waals surface area contributed by atoms with Crippen molar-refractivity contribution >= 4 is 11.6 Å². The quantitative estimate of drug-likeness (QED) is 0.772. The van der Waals surface area contributed by atoms with Crippen molar-refractivity contribution < 1.29 is 0 Å². The first-order chi connectivity index (χ1) is 7.83. The predicted molar refractivity (Wildman–Crippen MR) is 68.8 cm³/mol. The molecule has 1 aliphatic carbocycles. The van der Waals surface area contributed by atoms with Crippen LogP contribution in [0.1, 0.15) is 33.1 Å². The van der Waals surface area contributed by atoms with E-state index in [1.54, 1.807) is 0 Å². The molecule has 0 aliphatic heterocycles. The Morgan fingerprint density at radius 3 is 2.81 bits per heavy atom. The second-order valence-corrected chi connectivity index (χ2v) is 4.49. The molecule has 1 aliphatic rings. The molecule has 1 heterocycles. The van der Waals surface area contributed by atoms with Gasteiger partial charge in [0, 0.05) is 12.6 Å². The molecule has 2 N–H and O–H groups in total. The second-order valence-electron chi connectivity index (χ2n) is 4.49. The highest BCUT2D eigenvalue weighted by atomic mass is 15.1. The fourth-order valence-electron chi connectivity index (χ4n) is 1.93. The largest absolute Gasteiger partial charge is 0.370 e. The minimum atomic E-state index is 0.652. The third-order valence-electron chi connectivity index (χ3n) is 3.09. The highest BCUT2D eigenvalue weighted by Crippen LogP contribution is 2.35. The van der Waals surface area contributed by atoms with Gasteiger partial charge in [0.05, 0.1) is 0 Å². The van der Waals surface area contributed by atoms with Gasteiger partial charge in [0.25, 0.3) is 0 Å². The maximum atomic E-state index is 4.54. The number of hydrogen-bond donors (Lipinski definition) is 2. The summed E-state index contributed by atoms with van der Waals surface area (Å²) in [6.45, 7) is 5.39. The van der Waals surface area contributed by atoms with Gasteiger partial charge in [-0.1, -0.05) is 26.3 Å². The van der Waals surface area contributed by atoms with Gasteiger partial charge in [0.1, 0.15) is 11.6 Å². The fraction of sp³-hybridized carbons (Fsp3) is 0.615. The average molecular weight is 219 g/mol. The van der Waals surface area contributed by atoms with Gasteiger partial charge in [0.15, 0.2) is 0 Å². The van der Waals surface area contributed by atoms with E-state index < -0.39 is 0 Å². The molecule has 0 amide bonds. The summed E-state index contributed by atoms with van der Waals surface area (Å²) in [5.74, 6) is 2.83. The number of nitrogens with one attached hydrogen (secondary N) is 2. The van der Waals surface area contributed by atoms with E-state index in [-0.39, 0.29) is 0 Å². The lowest BCUT2D eigenvalue weighted by molar-refractivity contribution is 0.773. The van der Waals surface area contributed by atoms with Crippen molar-refractivity contribution in [2.45, 2.75) is 39.2 Å². The van der Waals surface area contributed by atoms with Crippen LogP contribution in [0.2, 0.25) is 0 Å². The van der Waals surface area contributed by atoms with E-state index in [1.807, 2.05) is 12.1 Å². The van der Waals surface area contributed by atoms with Gasteiger partial charge in [-0.15, -0.1) is 0 Å². The minimum absolute atomic E-state index is 0.652. The molecule has 16 heavy (non-hydrogen) atoms. The van der Waals surface area contributed by atoms with Crippen molar-refractivity contribution in [1.29, 1.82) is 0 Å². The molecule has 2 unspecified atom stereocenters. The molecule has 3 heteroatoms. The first-order valence-corrected chi connectivity index (χ1v) is 6.31. The third kappa shape index (κ3) is 2.87. The molecule has 1 aromatic heterocycles. The Balaban J connectivity index is 1.89. The van der Waals surface area contributed by atoms with E-state index in [0.29, 0.717) is 6.04 Å². The molecule has 0 bridgehead atoms. The van der Waals surface area contributed by atoms with Crippen LogP contribution in [-0.4, -0.2) is 17.6 Å². The van der Waals surface area contributed by atoms with Gasteiger partial charge in [-0.2, -0.15) is 0 Å². The Kier molecular flexibility index (Phi) is 3.65. The van der Waals surface area contributed by atoms with Gasteiger partial charge in [-0.3, -0.25) is 0 Å². The maximum absolute atomic E-state index is 4.54. The van der Waals surface area contributed by atoms with Crippen LogP contribution in [0.5, 0.6) is 0 Å². The lowest BCUT2D eigenvalue weighted by atomic mass is 10.3. The number of nitrogens with zero attached hydrogens (tertiary/aromatic N) is 1. The molecule has 1 fully saturated rings. The van der Waals surface area contributed by atoms with Gasteiger partial charge in [-0.25, -0.2) is 4.98 Å².